The number of rotatable bonds is 3. The highest BCUT2D eigenvalue weighted by molar-refractivity contribution is 6.15. The standard InChI is InChI=1S/C16H11F3O2/c1-10(20)13-4-2-3-5-14(13)15(21)11-6-8-12(9-7-11)16(17,18)19/h2-9H,1H3. The van der Waals surface area contributed by atoms with E-state index in [9.17, 15) is 22.8 Å². The van der Waals surface area contributed by atoms with E-state index in [0.717, 1.165) is 24.3 Å². The first kappa shape index (κ1) is 15.0. The molecule has 0 fully saturated rings. The van der Waals surface area contributed by atoms with Crippen LogP contribution < -0.4 is 0 Å². The SMILES string of the molecule is CC(=O)c1ccccc1C(=O)c1ccc(C(F)(F)F)cc1. The molecule has 0 aliphatic heterocycles. The fourth-order valence-corrected chi connectivity index (χ4v) is 1.95. The van der Waals surface area contributed by atoms with Gasteiger partial charge in [-0.05, 0) is 19.1 Å². The monoisotopic (exact) mass is 292 g/mol. The van der Waals surface area contributed by atoms with Gasteiger partial charge in [-0.1, -0.05) is 36.4 Å². The van der Waals surface area contributed by atoms with Gasteiger partial charge in [-0.3, -0.25) is 9.59 Å². The number of ketones is 2. The lowest BCUT2D eigenvalue weighted by Gasteiger charge is -2.08. The predicted molar refractivity (Wildman–Crippen MR) is 71.3 cm³/mol. The number of carbonyl (C=O) groups excluding carboxylic acids is 2. The van der Waals surface area contributed by atoms with Crippen molar-refractivity contribution in [3.05, 3.63) is 70.8 Å². The first-order valence-corrected chi connectivity index (χ1v) is 6.12. The number of carbonyl (C=O) groups is 2. The summed E-state index contributed by atoms with van der Waals surface area (Å²) in [4.78, 5) is 23.8. The van der Waals surface area contributed by atoms with Crippen LogP contribution in [0.4, 0.5) is 13.2 Å². The molecule has 0 amide bonds. The molecule has 0 saturated heterocycles. The van der Waals surface area contributed by atoms with Crippen LogP contribution in [-0.4, -0.2) is 11.6 Å². The van der Waals surface area contributed by atoms with Crippen molar-refractivity contribution in [2.75, 3.05) is 0 Å². The molecule has 0 spiro atoms. The molecule has 21 heavy (non-hydrogen) atoms. The Morgan fingerprint density at radius 3 is 1.86 bits per heavy atom. The molecular formula is C16H11F3O2. The third-order valence-electron chi connectivity index (χ3n) is 3.03. The molecule has 2 rings (SSSR count). The van der Waals surface area contributed by atoms with E-state index in [2.05, 4.69) is 0 Å². The minimum Gasteiger partial charge on any atom is -0.294 e. The van der Waals surface area contributed by atoms with Crippen LogP contribution in [0.1, 0.15) is 38.8 Å². The van der Waals surface area contributed by atoms with Gasteiger partial charge >= 0.3 is 6.18 Å². The molecule has 0 N–H and O–H groups in total. The van der Waals surface area contributed by atoms with Gasteiger partial charge in [0.2, 0.25) is 0 Å². The van der Waals surface area contributed by atoms with E-state index in [1.807, 2.05) is 0 Å². The van der Waals surface area contributed by atoms with E-state index in [4.69, 9.17) is 0 Å². The third-order valence-corrected chi connectivity index (χ3v) is 3.03. The van der Waals surface area contributed by atoms with Crippen molar-refractivity contribution >= 4 is 11.6 Å². The zero-order valence-corrected chi connectivity index (χ0v) is 11.1. The maximum absolute atomic E-state index is 12.5. The molecule has 5 heteroatoms. The third kappa shape index (κ3) is 3.18. The second-order valence-electron chi connectivity index (χ2n) is 4.51. The van der Waals surface area contributed by atoms with E-state index in [1.165, 1.54) is 19.1 Å². The fourth-order valence-electron chi connectivity index (χ4n) is 1.95. The molecule has 0 heterocycles. The largest absolute Gasteiger partial charge is 0.416 e. The van der Waals surface area contributed by atoms with Crippen molar-refractivity contribution in [2.24, 2.45) is 0 Å². The molecule has 0 aromatic heterocycles. The molecule has 0 atom stereocenters. The highest BCUT2D eigenvalue weighted by Gasteiger charge is 2.30. The highest BCUT2D eigenvalue weighted by atomic mass is 19.4. The topological polar surface area (TPSA) is 34.1 Å². The van der Waals surface area contributed by atoms with Gasteiger partial charge in [-0.25, -0.2) is 0 Å². The van der Waals surface area contributed by atoms with Crippen LogP contribution in [0.2, 0.25) is 0 Å². The number of benzene rings is 2. The Labute approximate surface area is 119 Å². The van der Waals surface area contributed by atoms with E-state index < -0.39 is 17.5 Å². The summed E-state index contributed by atoms with van der Waals surface area (Å²) >= 11 is 0. The van der Waals surface area contributed by atoms with E-state index in [-0.39, 0.29) is 22.5 Å². The Bertz CT molecular complexity index is 685. The van der Waals surface area contributed by atoms with Crippen LogP contribution in [0.15, 0.2) is 48.5 Å². The molecule has 108 valence electrons. The van der Waals surface area contributed by atoms with Crippen molar-refractivity contribution in [3.8, 4) is 0 Å². The fraction of sp³-hybridized carbons (Fsp3) is 0.125. The van der Waals surface area contributed by atoms with Crippen LogP contribution in [0.3, 0.4) is 0 Å². The van der Waals surface area contributed by atoms with Gasteiger partial charge in [-0.2, -0.15) is 13.2 Å². The van der Waals surface area contributed by atoms with Gasteiger partial charge in [0.1, 0.15) is 0 Å². The van der Waals surface area contributed by atoms with Crippen molar-refractivity contribution in [3.63, 3.8) is 0 Å². The first-order chi connectivity index (χ1) is 9.80. The molecule has 0 aliphatic carbocycles. The molecule has 0 saturated carbocycles. The lowest BCUT2D eigenvalue weighted by Crippen LogP contribution is -2.09. The summed E-state index contributed by atoms with van der Waals surface area (Å²) in [6.07, 6.45) is -4.45. The summed E-state index contributed by atoms with van der Waals surface area (Å²) < 4.78 is 37.5. The molecular weight excluding hydrogens is 281 g/mol. The van der Waals surface area contributed by atoms with Crippen molar-refractivity contribution in [1.82, 2.24) is 0 Å². The minimum absolute atomic E-state index is 0.108. The molecule has 0 aliphatic rings. The zero-order chi connectivity index (χ0) is 15.6. The van der Waals surface area contributed by atoms with Crippen LogP contribution >= 0.6 is 0 Å². The number of hydrogen-bond donors (Lipinski definition) is 0. The quantitative estimate of drug-likeness (QED) is 0.797. The van der Waals surface area contributed by atoms with Gasteiger partial charge in [0.25, 0.3) is 0 Å². The highest BCUT2D eigenvalue weighted by Crippen LogP contribution is 2.29. The smallest absolute Gasteiger partial charge is 0.294 e. The molecule has 2 aromatic carbocycles. The van der Waals surface area contributed by atoms with E-state index in [0.29, 0.717) is 0 Å². The average molecular weight is 292 g/mol. The molecule has 2 aromatic rings. The van der Waals surface area contributed by atoms with Crippen LogP contribution in [0.5, 0.6) is 0 Å². The number of hydrogen-bond acceptors (Lipinski definition) is 2. The van der Waals surface area contributed by atoms with Crippen LogP contribution in [0, 0.1) is 0 Å². The van der Waals surface area contributed by atoms with Crippen molar-refractivity contribution < 1.29 is 22.8 Å². The lowest BCUT2D eigenvalue weighted by molar-refractivity contribution is -0.137. The van der Waals surface area contributed by atoms with Gasteiger partial charge in [0, 0.05) is 16.7 Å². The molecule has 0 unspecified atom stereocenters. The Kier molecular flexibility index (Phi) is 3.93. The predicted octanol–water partition coefficient (Wildman–Crippen LogP) is 4.14. The second-order valence-corrected chi connectivity index (χ2v) is 4.51. The van der Waals surface area contributed by atoms with Gasteiger partial charge in [0.05, 0.1) is 5.56 Å². The van der Waals surface area contributed by atoms with Crippen LogP contribution in [0.25, 0.3) is 0 Å². The van der Waals surface area contributed by atoms with Crippen LogP contribution in [-0.2, 0) is 6.18 Å². The summed E-state index contributed by atoms with van der Waals surface area (Å²) in [6.45, 7) is 1.33. The summed E-state index contributed by atoms with van der Waals surface area (Å²) in [5, 5.41) is 0. The maximum atomic E-state index is 12.5. The zero-order valence-electron chi connectivity index (χ0n) is 11.1. The normalized spacial score (nSPS) is 11.2. The molecule has 0 bridgehead atoms. The van der Waals surface area contributed by atoms with Crippen molar-refractivity contribution in [1.29, 1.82) is 0 Å². The number of alkyl halides is 3. The molecule has 0 radical (unpaired) electrons. The Balaban J connectivity index is 2.40. The summed E-state index contributed by atoms with van der Waals surface area (Å²) in [6, 6.07) is 10.2. The van der Waals surface area contributed by atoms with Crippen molar-refractivity contribution in [2.45, 2.75) is 13.1 Å². The summed E-state index contributed by atoms with van der Waals surface area (Å²) in [7, 11) is 0. The first-order valence-electron chi connectivity index (χ1n) is 6.12. The summed E-state index contributed by atoms with van der Waals surface area (Å²) in [5.41, 5.74) is -0.275. The second kappa shape index (κ2) is 5.52. The Morgan fingerprint density at radius 1 is 0.857 bits per heavy atom. The number of Topliss-reactive ketones (excluding diaryl/α,β-unsaturated/α-hetero) is 1. The minimum atomic E-state index is -4.45. The van der Waals surface area contributed by atoms with E-state index in [1.54, 1.807) is 12.1 Å². The van der Waals surface area contributed by atoms with Gasteiger partial charge in [-0.15, -0.1) is 0 Å². The lowest BCUT2D eigenvalue weighted by atomic mass is 9.96. The Hall–Kier alpha value is -2.43. The Morgan fingerprint density at radius 2 is 1.38 bits per heavy atom. The van der Waals surface area contributed by atoms with Gasteiger partial charge < -0.3 is 0 Å². The average Bonchev–Trinajstić information content (AvgIpc) is 2.45. The number of halogens is 3. The molecule has 2 nitrogen and oxygen atoms in total. The van der Waals surface area contributed by atoms with E-state index >= 15 is 0 Å². The maximum Gasteiger partial charge on any atom is 0.416 e. The summed E-state index contributed by atoms with van der Waals surface area (Å²) in [5.74, 6) is -0.750. The van der Waals surface area contributed by atoms with Gasteiger partial charge in [0.15, 0.2) is 11.6 Å².